The van der Waals surface area contributed by atoms with E-state index in [-0.39, 0.29) is 0 Å². The van der Waals surface area contributed by atoms with E-state index >= 15 is 0 Å². The number of benzene rings is 2. The van der Waals surface area contributed by atoms with Crippen molar-refractivity contribution in [3.8, 4) is 11.4 Å². The molecular formula is C16H14ClN5OS. The summed E-state index contributed by atoms with van der Waals surface area (Å²) in [4.78, 5) is 11.8. The van der Waals surface area contributed by atoms with Crippen molar-refractivity contribution in [2.24, 2.45) is 5.73 Å². The van der Waals surface area contributed by atoms with Crippen LogP contribution in [0.4, 0.5) is 0 Å². The Hall–Kier alpha value is -2.51. The van der Waals surface area contributed by atoms with Crippen molar-refractivity contribution in [1.82, 2.24) is 14.9 Å². The second-order valence-corrected chi connectivity index (χ2v) is 6.51. The number of hydrogen-bond acceptors (Lipinski definition) is 5. The monoisotopic (exact) mass is 359 g/mol. The number of amides is 1. The molecule has 3 rings (SSSR count). The van der Waals surface area contributed by atoms with E-state index in [4.69, 9.17) is 23.2 Å². The lowest BCUT2D eigenvalue weighted by atomic mass is 10.1. The average Bonchev–Trinajstić information content (AvgIpc) is 2.94. The fourth-order valence-electron chi connectivity index (χ4n) is 2.21. The molecule has 8 heteroatoms. The Morgan fingerprint density at radius 1 is 1.12 bits per heavy atom. The van der Waals surface area contributed by atoms with E-state index in [2.05, 4.69) is 10.2 Å². The number of aromatic nitrogens is 3. The average molecular weight is 360 g/mol. The molecule has 1 atom stereocenters. The van der Waals surface area contributed by atoms with Crippen LogP contribution in [-0.2, 0) is 4.79 Å². The first-order chi connectivity index (χ1) is 11.6. The maximum absolute atomic E-state index is 11.8. The van der Waals surface area contributed by atoms with Crippen LogP contribution >= 0.6 is 23.4 Å². The first-order valence-corrected chi connectivity index (χ1v) is 8.29. The predicted octanol–water partition coefficient (Wildman–Crippen LogP) is 2.63. The molecule has 3 aromatic rings. The third-order valence-electron chi connectivity index (χ3n) is 3.33. The van der Waals surface area contributed by atoms with Crippen LogP contribution in [0, 0.1) is 0 Å². The standard InChI is InChI=1S/C16H14ClN5OS/c17-12-8-4-7-11(9-12)15-20-21-16(22(15)19)24-13(14(18)23)10-5-2-1-3-6-10/h1-9,13H,19H2,(H2,18,23). The van der Waals surface area contributed by atoms with Crippen LogP contribution in [0.3, 0.4) is 0 Å². The van der Waals surface area contributed by atoms with Crippen molar-refractivity contribution in [2.45, 2.75) is 10.4 Å². The summed E-state index contributed by atoms with van der Waals surface area (Å²) in [5.41, 5.74) is 7.04. The summed E-state index contributed by atoms with van der Waals surface area (Å²) in [6.07, 6.45) is 0. The molecule has 1 amide bonds. The van der Waals surface area contributed by atoms with Gasteiger partial charge in [-0.05, 0) is 17.7 Å². The Morgan fingerprint density at radius 3 is 2.54 bits per heavy atom. The minimum atomic E-state index is -0.607. The molecule has 0 spiro atoms. The third-order valence-corrected chi connectivity index (χ3v) is 4.80. The van der Waals surface area contributed by atoms with Crippen LogP contribution < -0.4 is 11.6 Å². The smallest absolute Gasteiger partial charge is 0.235 e. The lowest BCUT2D eigenvalue weighted by molar-refractivity contribution is -0.117. The van der Waals surface area contributed by atoms with Crippen LogP contribution in [0.5, 0.6) is 0 Å². The van der Waals surface area contributed by atoms with Gasteiger partial charge in [0.1, 0.15) is 5.25 Å². The topological polar surface area (TPSA) is 99.8 Å². The second-order valence-electron chi connectivity index (χ2n) is 5.00. The number of halogens is 1. The summed E-state index contributed by atoms with van der Waals surface area (Å²) in [6, 6.07) is 16.4. The second kappa shape index (κ2) is 6.94. The lowest BCUT2D eigenvalue weighted by Crippen LogP contribution is -2.20. The summed E-state index contributed by atoms with van der Waals surface area (Å²) in [5, 5.41) is 8.51. The van der Waals surface area contributed by atoms with Crippen LogP contribution in [-0.4, -0.2) is 20.8 Å². The first kappa shape index (κ1) is 16.4. The molecule has 0 aliphatic rings. The van der Waals surface area contributed by atoms with Crippen molar-refractivity contribution in [3.63, 3.8) is 0 Å². The minimum Gasteiger partial charge on any atom is -0.368 e. The van der Waals surface area contributed by atoms with E-state index in [1.54, 1.807) is 18.2 Å². The molecule has 122 valence electrons. The number of hydrogen-bond donors (Lipinski definition) is 2. The number of carbonyl (C=O) groups excluding carboxylic acids is 1. The molecule has 0 radical (unpaired) electrons. The molecule has 0 saturated heterocycles. The van der Waals surface area contributed by atoms with Gasteiger partial charge in [0.15, 0.2) is 5.82 Å². The Kier molecular flexibility index (Phi) is 4.73. The molecule has 0 aliphatic carbocycles. The zero-order chi connectivity index (χ0) is 17.1. The molecule has 4 N–H and O–H groups in total. The fraction of sp³-hybridized carbons (Fsp3) is 0.0625. The van der Waals surface area contributed by atoms with Gasteiger partial charge in [0.05, 0.1) is 0 Å². The normalized spacial score (nSPS) is 12.0. The van der Waals surface area contributed by atoms with E-state index in [0.29, 0.717) is 16.0 Å². The first-order valence-electron chi connectivity index (χ1n) is 7.03. The van der Waals surface area contributed by atoms with Crippen molar-refractivity contribution < 1.29 is 4.79 Å². The molecule has 0 aliphatic heterocycles. The van der Waals surface area contributed by atoms with Gasteiger partial charge >= 0.3 is 0 Å². The molecule has 0 fully saturated rings. The van der Waals surface area contributed by atoms with E-state index in [1.807, 2.05) is 36.4 Å². The summed E-state index contributed by atoms with van der Waals surface area (Å²) >= 11 is 7.15. The van der Waals surface area contributed by atoms with Gasteiger partial charge in [0.25, 0.3) is 0 Å². The number of nitrogens with zero attached hydrogens (tertiary/aromatic N) is 3. The van der Waals surface area contributed by atoms with Gasteiger partial charge in [-0.1, -0.05) is 65.8 Å². The molecular weight excluding hydrogens is 346 g/mol. The van der Waals surface area contributed by atoms with Crippen molar-refractivity contribution in [3.05, 3.63) is 65.2 Å². The minimum absolute atomic E-state index is 0.387. The highest BCUT2D eigenvalue weighted by molar-refractivity contribution is 8.00. The highest BCUT2D eigenvalue weighted by Crippen LogP contribution is 2.34. The predicted molar refractivity (Wildman–Crippen MR) is 94.9 cm³/mol. The lowest BCUT2D eigenvalue weighted by Gasteiger charge is -2.12. The van der Waals surface area contributed by atoms with Crippen LogP contribution in [0.15, 0.2) is 59.8 Å². The summed E-state index contributed by atoms with van der Waals surface area (Å²) in [5.74, 6) is 6.07. The SMILES string of the molecule is NC(=O)C(Sc1nnc(-c2cccc(Cl)c2)n1N)c1ccccc1. The van der Waals surface area contributed by atoms with Gasteiger partial charge in [0, 0.05) is 10.6 Å². The Bertz CT molecular complexity index is 868. The van der Waals surface area contributed by atoms with Gasteiger partial charge in [-0.2, -0.15) is 0 Å². The van der Waals surface area contributed by atoms with Gasteiger partial charge in [0.2, 0.25) is 11.1 Å². The Morgan fingerprint density at radius 2 is 1.88 bits per heavy atom. The zero-order valence-corrected chi connectivity index (χ0v) is 14.0. The number of nitrogens with two attached hydrogens (primary N) is 2. The van der Waals surface area contributed by atoms with E-state index < -0.39 is 11.2 Å². The molecule has 0 bridgehead atoms. The molecule has 1 unspecified atom stereocenters. The van der Waals surface area contributed by atoms with Gasteiger partial charge in [-0.3, -0.25) is 4.79 Å². The number of thioether (sulfide) groups is 1. The third kappa shape index (κ3) is 3.37. The van der Waals surface area contributed by atoms with E-state index in [1.165, 1.54) is 4.68 Å². The summed E-state index contributed by atoms with van der Waals surface area (Å²) < 4.78 is 1.33. The van der Waals surface area contributed by atoms with Gasteiger partial charge in [-0.25, -0.2) is 4.68 Å². The highest BCUT2D eigenvalue weighted by Gasteiger charge is 2.23. The Labute approximate surface area is 147 Å². The van der Waals surface area contributed by atoms with Gasteiger partial charge in [-0.15, -0.1) is 10.2 Å². The van der Waals surface area contributed by atoms with Crippen LogP contribution in [0.2, 0.25) is 5.02 Å². The molecule has 1 heterocycles. The van der Waals surface area contributed by atoms with Crippen LogP contribution in [0.25, 0.3) is 11.4 Å². The summed E-state index contributed by atoms with van der Waals surface area (Å²) in [7, 11) is 0. The maximum atomic E-state index is 11.8. The largest absolute Gasteiger partial charge is 0.368 e. The highest BCUT2D eigenvalue weighted by atomic mass is 35.5. The summed E-state index contributed by atoms with van der Waals surface area (Å²) in [6.45, 7) is 0. The number of carbonyl (C=O) groups is 1. The van der Waals surface area contributed by atoms with Gasteiger partial charge < -0.3 is 11.6 Å². The van der Waals surface area contributed by atoms with Crippen molar-refractivity contribution in [2.75, 3.05) is 5.84 Å². The fourth-order valence-corrected chi connectivity index (χ4v) is 3.30. The molecule has 1 aromatic heterocycles. The number of primary amides is 1. The zero-order valence-electron chi connectivity index (χ0n) is 12.5. The number of nitrogen functional groups attached to an aromatic ring is 1. The van der Waals surface area contributed by atoms with Crippen molar-refractivity contribution >= 4 is 29.3 Å². The van der Waals surface area contributed by atoms with Crippen LogP contribution in [0.1, 0.15) is 10.8 Å². The molecule has 0 saturated carbocycles. The van der Waals surface area contributed by atoms with Crippen molar-refractivity contribution in [1.29, 1.82) is 0 Å². The number of rotatable bonds is 5. The molecule has 2 aromatic carbocycles. The quantitative estimate of drug-likeness (QED) is 0.538. The maximum Gasteiger partial charge on any atom is 0.235 e. The molecule has 24 heavy (non-hydrogen) atoms. The van der Waals surface area contributed by atoms with E-state index in [0.717, 1.165) is 22.9 Å². The van der Waals surface area contributed by atoms with E-state index in [9.17, 15) is 4.79 Å². The Balaban J connectivity index is 1.92. The molecule has 6 nitrogen and oxygen atoms in total.